The summed E-state index contributed by atoms with van der Waals surface area (Å²) in [5, 5.41) is 13.2. The van der Waals surface area contributed by atoms with Gasteiger partial charge in [0.1, 0.15) is 11.6 Å². The Bertz CT molecular complexity index is 1120. The fraction of sp³-hybridized carbons (Fsp3) is 0.360. The molecular formula is C25H27FN2O2. The highest BCUT2D eigenvalue weighted by atomic mass is 19.1. The molecule has 0 saturated carbocycles. The van der Waals surface area contributed by atoms with E-state index in [0.717, 1.165) is 53.0 Å². The van der Waals surface area contributed by atoms with Crippen LogP contribution in [0.2, 0.25) is 0 Å². The topological polar surface area (TPSA) is 48.5 Å². The van der Waals surface area contributed by atoms with Gasteiger partial charge >= 0.3 is 0 Å². The number of ether oxygens (including phenoxy) is 1. The molecule has 156 valence electrons. The van der Waals surface area contributed by atoms with Crippen LogP contribution < -0.4 is 4.74 Å². The van der Waals surface area contributed by atoms with Crippen LogP contribution >= 0.6 is 0 Å². The molecule has 3 aromatic rings. The second kappa shape index (κ2) is 6.96. The normalized spacial score (nSPS) is 26.2. The molecule has 0 spiro atoms. The molecule has 0 bridgehead atoms. The van der Waals surface area contributed by atoms with Crippen LogP contribution in [0.15, 0.2) is 55.1 Å². The summed E-state index contributed by atoms with van der Waals surface area (Å²) in [5.74, 6) is 0.541. The van der Waals surface area contributed by atoms with Gasteiger partial charge in [-0.1, -0.05) is 18.2 Å². The minimum atomic E-state index is -0.947. The molecule has 1 aromatic heterocycles. The average molecular weight is 407 g/mol. The maximum Gasteiger partial charge on any atom is 0.125 e. The minimum Gasteiger partial charge on any atom is -0.497 e. The number of hydrogen-bond acceptors (Lipinski definition) is 3. The van der Waals surface area contributed by atoms with Gasteiger partial charge in [0, 0.05) is 47.9 Å². The zero-order chi connectivity index (χ0) is 20.9. The standard InChI is InChI=1S/C25H27FN2O2/c1-3-10-28-11-9-24(17-5-4-6-19(12-17)30-2)15-23-21(14-25(24,29)16-28)20-8-7-18(26)13-22(20)27-23/h3-8,12-13,27,29H,1,9-11,14-16H2,2H3. The van der Waals surface area contributed by atoms with Crippen molar-refractivity contribution < 1.29 is 14.2 Å². The lowest BCUT2D eigenvalue weighted by atomic mass is 9.56. The van der Waals surface area contributed by atoms with Crippen molar-refractivity contribution in [2.75, 3.05) is 26.7 Å². The number of nitrogens with zero attached hydrogens (tertiary/aromatic N) is 1. The highest BCUT2D eigenvalue weighted by Crippen LogP contribution is 2.51. The van der Waals surface area contributed by atoms with E-state index in [1.54, 1.807) is 13.2 Å². The Labute approximate surface area is 176 Å². The van der Waals surface area contributed by atoms with Gasteiger partial charge in [0.05, 0.1) is 12.7 Å². The summed E-state index contributed by atoms with van der Waals surface area (Å²) in [6.07, 6.45) is 3.93. The number of aliphatic hydroxyl groups is 1. The summed E-state index contributed by atoms with van der Waals surface area (Å²) in [6, 6.07) is 13.0. The van der Waals surface area contributed by atoms with E-state index < -0.39 is 11.0 Å². The Balaban J connectivity index is 1.68. The zero-order valence-corrected chi connectivity index (χ0v) is 17.2. The summed E-state index contributed by atoms with van der Waals surface area (Å²) in [5.41, 5.74) is 2.71. The van der Waals surface area contributed by atoms with E-state index in [1.165, 1.54) is 6.07 Å². The van der Waals surface area contributed by atoms with Crippen LogP contribution in [0.3, 0.4) is 0 Å². The quantitative estimate of drug-likeness (QED) is 0.645. The van der Waals surface area contributed by atoms with Gasteiger partial charge in [-0.25, -0.2) is 4.39 Å². The van der Waals surface area contributed by atoms with Crippen molar-refractivity contribution in [3.63, 3.8) is 0 Å². The number of halogens is 1. The molecule has 1 saturated heterocycles. The van der Waals surface area contributed by atoms with Crippen molar-refractivity contribution in [3.8, 4) is 5.75 Å². The first kappa shape index (κ1) is 19.3. The molecule has 2 N–H and O–H groups in total. The SMILES string of the molecule is C=CCN1CCC2(c3cccc(OC)c3)Cc3[nH]c4cc(F)ccc4c3CC2(O)C1. The molecule has 2 unspecified atom stereocenters. The van der Waals surface area contributed by atoms with Gasteiger partial charge in [-0.2, -0.15) is 0 Å². The highest BCUT2D eigenvalue weighted by molar-refractivity contribution is 5.85. The van der Waals surface area contributed by atoms with Crippen molar-refractivity contribution in [1.82, 2.24) is 9.88 Å². The smallest absolute Gasteiger partial charge is 0.125 e. The summed E-state index contributed by atoms with van der Waals surface area (Å²) in [6.45, 7) is 6.09. The first-order chi connectivity index (χ1) is 14.5. The molecule has 5 heteroatoms. The van der Waals surface area contributed by atoms with E-state index in [0.29, 0.717) is 19.4 Å². The number of fused-ring (bicyclic) bond motifs is 4. The molecule has 5 rings (SSSR count). The second-order valence-electron chi connectivity index (χ2n) is 8.75. The molecular weight excluding hydrogens is 379 g/mol. The van der Waals surface area contributed by atoms with Gasteiger partial charge in [-0.15, -0.1) is 6.58 Å². The number of methoxy groups -OCH3 is 1. The molecule has 2 aliphatic rings. The molecule has 1 aliphatic heterocycles. The fourth-order valence-electron chi connectivity index (χ4n) is 5.66. The van der Waals surface area contributed by atoms with E-state index in [4.69, 9.17) is 4.74 Å². The Morgan fingerprint density at radius 3 is 2.93 bits per heavy atom. The molecule has 0 radical (unpaired) electrons. The number of nitrogens with one attached hydrogen (secondary N) is 1. The van der Waals surface area contributed by atoms with Crippen molar-refractivity contribution in [3.05, 3.63) is 77.8 Å². The third-order valence-corrected chi connectivity index (χ3v) is 7.14. The van der Waals surface area contributed by atoms with E-state index in [2.05, 4.69) is 28.6 Å². The third-order valence-electron chi connectivity index (χ3n) is 7.14. The average Bonchev–Trinajstić information content (AvgIpc) is 3.07. The third kappa shape index (κ3) is 2.80. The van der Waals surface area contributed by atoms with Crippen LogP contribution in [0.25, 0.3) is 10.9 Å². The Hall–Kier alpha value is -2.63. The lowest BCUT2D eigenvalue weighted by molar-refractivity contribution is -0.100. The van der Waals surface area contributed by atoms with Crippen LogP contribution in [-0.2, 0) is 18.3 Å². The molecule has 2 atom stereocenters. The van der Waals surface area contributed by atoms with Gasteiger partial charge in [0.15, 0.2) is 0 Å². The molecule has 30 heavy (non-hydrogen) atoms. The number of piperidine rings is 1. The summed E-state index contributed by atoms with van der Waals surface area (Å²) >= 11 is 0. The van der Waals surface area contributed by atoms with Crippen LogP contribution in [0.4, 0.5) is 4.39 Å². The fourth-order valence-corrected chi connectivity index (χ4v) is 5.66. The summed E-state index contributed by atoms with van der Waals surface area (Å²) < 4.78 is 19.3. The maximum absolute atomic E-state index is 13.8. The van der Waals surface area contributed by atoms with Gasteiger partial charge in [-0.3, -0.25) is 4.90 Å². The Morgan fingerprint density at radius 1 is 1.27 bits per heavy atom. The first-order valence-electron chi connectivity index (χ1n) is 10.5. The monoisotopic (exact) mass is 406 g/mol. The lowest BCUT2D eigenvalue weighted by Gasteiger charge is -2.56. The van der Waals surface area contributed by atoms with Crippen LogP contribution in [0.1, 0.15) is 23.2 Å². The van der Waals surface area contributed by atoms with Gasteiger partial charge in [-0.05, 0) is 54.4 Å². The van der Waals surface area contributed by atoms with Crippen LogP contribution in [-0.4, -0.2) is 47.3 Å². The Kier molecular flexibility index (Phi) is 4.49. The molecule has 1 fully saturated rings. The van der Waals surface area contributed by atoms with E-state index in [-0.39, 0.29) is 5.82 Å². The van der Waals surface area contributed by atoms with Crippen molar-refractivity contribution in [1.29, 1.82) is 0 Å². The number of benzene rings is 2. The first-order valence-corrected chi connectivity index (χ1v) is 10.5. The Morgan fingerprint density at radius 2 is 2.13 bits per heavy atom. The number of hydrogen-bond donors (Lipinski definition) is 2. The molecule has 2 heterocycles. The predicted octanol–water partition coefficient (Wildman–Crippen LogP) is 3.98. The minimum absolute atomic E-state index is 0.253. The van der Waals surface area contributed by atoms with Crippen LogP contribution in [0, 0.1) is 5.82 Å². The van der Waals surface area contributed by atoms with Gasteiger partial charge in [0.25, 0.3) is 0 Å². The molecule has 4 nitrogen and oxygen atoms in total. The van der Waals surface area contributed by atoms with E-state index in [9.17, 15) is 9.50 Å². The largest absolute Gasteiger partial charge is 0.497 e. The van der Waals surface area contributed by atoms with Crippen molar-refractivity contribution in [2.45, 2.75) is 30.3 Å². The number of H-pyrrole nitrogens is 1. The molecule has 2 aromatic carbocycles. The number of likely N-dealkylation sites (tertiary alicyclic amines) is 1. The lowest BCUT2D eigenvalue weighted by Crippen LogP contribution is -2.66. The summed E-state index contributed by atoms with van der Waals surface area (Å²) in [7, 11) is 1.67. The number of rotatable bonds is 4. The predicted molar refractivity (Wildman–Crippen MR) is 117 cm³/mol. The molecule has 1 aliphatic carbocycles. The van der Waals surface area contributed by atoms with E-state index >= 15 is 0 Å². The second-order valence-corrected chi connectivity index (χ2v) is 8.75. The van der Waals surface area contributed by atoms with E-state index in [1.807, 2.05) is 24.3 Å². The van der Waals surface area contributed by atoms with Crippen molar-refractivity contribution in [2.24, 2.45) is 0 Å². The number of β-amino-alcohol motifs (C(OH)–C–C–N with tert-alkyl or cyclic N) is 1. The van der Waals surface area contributed by atoms with Crippen molar-refractivity contribution >= 4 is 10.9 Å². The maximum atomic E-state index is 13.8. The highest BCUT2D eigenvalue weighted by Gasteiger charge is 2.57. The zero-order valence-electron chi connectivity index (χ0n) is 17.2. The van der Waals surface area contributed by atoms with Gasteiger partial charge < -0.3 is 14.8 Å². The molecule has 0 amide bonds. The summed E-state index contributed by atoms with van der Waals surface area (Å²) in [4.78, 5) is 5.72. The van der Waals surface area contributed by atoms with Crippen LogP contribution in [0.5, 0.6) is 5.75 Å². The van der Waals surface area contributed by atoms with Gasteiger partial charge in [0.2, 0.25) is 0 Å². The number of aromatic nitrogens is 1. The number of aromatic amines is 1.